The Balaban J connectivity index is 3.23. The van der Waals surface area contributed by atoms with Crippen molar-refractivity contribution in [2.24, 2.45) is 11.5 Å². The van der Waals surface area contributed by atoms with Crippen LogP contribution in [0.5, 0.6) is 0 Å². The van der Waals surface area contributed by atoms with E-state index in [2.05, 4.69) is 12.7 Å². The van der Waals surface area contributed by atoms with Crippen molar-refractivity contribution in [3.63, 3.8) is 0 Å². The van der Waals surface area contributed by atoms with Crippen LogP contribution >= 0.6 is 8.58 Å². The summed E-state index contributed by atoms with van der Waals surface area (Å²) in [5.74, 6) is 2.20. The van der Waals surface area contributed by atoms with E-state index >= 15 is 0 Å². The van der Waals surface area contributed by atoms with Crippen molar-refractivity contribution in [3.8, 4) is 0 Å². The van der Waals surface area contributed by atoms with Gasteiger partial charge in [0.2, 0.25) is 0 Å². The monoisotopic (exact) mass is 216 g/mol. The molecule has 1 atom stereocenters. The van der Waals surface area contributed by atoms with Crippen LogP contribution in [0.1, 0.15) is 45.4 Å². The van der Waals surface area contributed by atoms with Crippen molar-refractivity contribution < 1.29 is 0 Å². The highest BCUT2D eigenvalue weighted by atomic mass is 31.1. The number of hydrogen-bond acceptors (Lipinski definition) is 2. The highest BCUT2D eigenvalue weighted by molar-refractivity contribution is 7.41. The van der Waals surface area contributed by atoms with E-state index in [9.17, 15) is 0 Å². The van der Waals surface area contributed by atoms with Crippen LogP contribution in [0.15, 0.2) is 11.5 Å². The van der Waals surface area contributed by atoms with Gasteiger partial charge in [0.1, 0.15) is 0 Å². The lowest BCUT2D eigenvalue weighted by Gasteiger charge is -2.00. The predicted octanol–water partition coefficient (Wildman–Crippen LogP) is 2.78. The van der Waals surface area contributed by atoms with Gasteiger partial charge in [0.25, 0.3) is 0 Å². The molecular formula is C11H25N2P. The Morgan fingerprint density at radius 1 is 1.21 bits per heavy atom. The summed E-state index contributed by atoms with van der Waals surface area (Å²) in [6.07, 6.45) is 8.71. The van der Waals surface area contributed by atoms with Crippen molar-refractivity contribution >= 4 is 8.58 Å². The summed E-state index contributed by atoms with van der Waals surface area (Å²) in [5.41, 5.74) is 12.3. The maximum absolute atomic E-state index is 5.81. The molecule has 14 heavy (non-hydrogen) atoms. The first-order chi connectivity index (χ1) is 6.81. The molecule has 84 valence electrons. The van der Waals surface area contributed by atoms with E-state index in [-0.39, 0.29) is 0 Å². The average molecular weight is 216 g/mol. The molecule has 0 saturated heterocycles. The Labute approximate surface area is 90.3 Å². The molecule has 0 aliphatic heterocycles. The Hall–Kier alpha value is -0.0700. The second-order valence-electron chi connectivity index (χ2n) is 3.63. The smallest absolute Gasteiger partial charge is 0.00832 e. The topological polar surface area (TPSA) is 52.0 Å². The van der Waals surface area contributed by atoms with Crippen molar-refractivity contribution in [2.75, 3.05) is 12.7 Å². The molecular weight excluding hydrogens is 191 g/mol. The molecule has 0 fully saturated rings. The van der Waals surface area contributed by atoms with Gasteiger partial charge in [0, 0.05) is 5.70 Å². The van der Waals surface area contributed by atoms with Gasteiger partial charge in [0.05, 0.1) is 0 Å². The Morgan fingerprint density at radius 2 is 2.00 bits per heavy atom. The van der Waals surface area contributed by atoms with E-state index in [1.54, 1.807) is 0 Å². The Morgan fingerprint density at radius 3 is 2.64 bits per heavy atom. The van der Waals surface area contributed by atoms with E-state index in [1.165, 1.54) is 31.8 Å². The van der Waals surface area contributed by atoms with Crippen LogP contribution in [0.2, 0.25) is 0 Å². The maximum atomic E-state index is 5.81. The van der Waals surface area contributed by atoms with Crippen LogP contribution in [0.3, 0.4) is 0 Å². The molecule has 0 amide bonds. The average Bonchev–Trinajstić information content (AvgIpc) is 2.20. The summed E-state index contributed by atoms with van der Waals surface area (Å²) >= 11 is 0. The number of hydrogen-bond donors (Lipinski definition) is 2. The fraction of sp³-hybridized carbons (Fsp3) is 0.818. The first-order valence-corrected chi connectivity index (χ1v) is 6.97. The second-order valence-corrected chi connectivity index (χ2v) is 4.82. The van der Waals surface area contributed by atoms with Crippen molar-refractivity contribution in [1.82, 2.24) is 0 Å². The number of nitrogens with two attached hydrogens (primary N) is 2. The number of unbranched alkanes of at least 4 members (excludes halogenated alkanes) is 3. The molecule has 4 N–H and O–H groups in total. The molecule has 0 aliphatic rings. The third-order valence-electron chi connectivity index (χ3n) is 2.13. The molecule has 0 saturated carbocycles. The molecule has 0 bridgehead atoms. The summed E-state index contributed by atoms with van der Waals surface area (Å²) in [4.78, 5) is 0. The predicted molar refractivity (Wildman–Crippen MR) is 67.9 cm³/mol. The molecule has 0 radical (unpaired) electrons. The van der Waals surface area contributed by atoms with Crippen LogP contribution in [-0.2, 0) is 0 Å². The zero-order valence-corrected chi connectivity index (χ0v) is 10.4. The van der Waals surface area contributed by atoms with Gasteiger partial charge >= 0.3 is 0 Å². The van der Waals surface area contributed by atoms with Gasteiger partial charge < -0.3 is 11.5 Å². The molecule has 0 rings (SSSR count). The molecule has 0 aromatic carbocycles. The summed E-state index contributed by atoms with van der Waals surface area (Å²) < 4.78 is 0. The minimum Gasteiger partial charge on any atom is -0.402 e. The van der Waals surface area contributed by atoms with E-state index < -0.39 is 0 Å². The zero-order valence-electron chi connectivity index (χ0n) is 9.39. The summed E-state index contributed by atoms with van der Waals surface area (Å²) in [5, 5.41) is 0. The highest BCUT2D eigenvalue weighted by Gasteiger charge is 1.90. The molecule has 2 nitrogen and oxygen atoms in total. The summed E-state index contributed by atoms with van der Waals surface area (Å²) in [7, 11) is 0.907. The minimum absolute atomic E-state index is 0.744. The molecule has 3 heteroatoms. The molecule has 0 spiro atoms. The van der Waals surface area contributed by atoms with Gasteiger partial charge in [-0.2, -0.15) is 0 Å². The summed E-state index contributed by atoms with van der Waals surface area (Å²) in [6, 6.07) is 0. The lowest BCUT2D eigenvalue weighted by Crippen LogP contribution is -2.02. The molecule has 1 unspecified atom stereocenters. The number of allylic oxidation sites excluding steroid dienone is 1. The third-order valence-corrected chi connectivity index (χ3v) is 3.35. The van der Waals surface area contributed by atoms with Crippen LogP contribution in [0, 0.1) is 0 Å². The van der Waals surface area contributed by atoms with E-state index in [0.29, 0.717) is 0 Å². The van der Waals surface area contributed by atoms with Crippen LogP contribution in [0.4, 0.5) is 0 Å². The van der Waals surface area contributed by atoms with Crippen LogP contribution in [0.25, 0.3) is 0 Å². The molecule has 0 aromatic heterocycles. The van der Waals surface area contributed by atoms with E-state index in [4.69, 9.17) is 11.5 Å². The lowest BCUT2D eigenvalue weighted by atomic mass is 10.2. The molecule has 0 heterocycles. The fourth-order valence-electron chi connectivity index (χ4n) is 1.24. The zero-order chi connectivity index (χ0) is 10.6. The van der Waals surface area contributed by atoms with Gasteiger partial charge in [0.15, 0.2) is 0 Å². The van der Waals surface area contributed by atoms with Crippen molar-refractivity contribution in [1.29, 1.82) is 0 Å². The van der Waals surface area contributed by atoms with Gasteiger partial charge in [-0.25, -0.2) is 0 Å². The van der Waals surface area contributed by atoms with Gasteiger partial charge in [-0.3, -0.25) is 0 Å². The Kier molecular flexibility index (Phi) is 11.0. The van der Waals surface area contributed by atoms with Crippen LogP contribution < -0.4 is 11.5 Å². The lowest BCUT2D eigenvalue weighted by molar-refractivity contribution is 0.706. The standard InChI is InChI=1S/C11H25N2P/c1-2-3-4-5-9-14-10-11(13)7-6-8-12/h10,14H,2-9,12-13H2,1H3/b11-10-. The minimum atomic E-state index is 0.744. The van der Waals surface area contributed by atoms with Gasteiger partial charge in [-0.05, 0) is 37.8 Å². The quantitative estimate of drug-likeness (QED) is 0.460. The second kappa shape index (κ2) is 11.0. The van der Waals surface area contributed by atoms with Crippen LogP contribution in [-0.4, -0.2) is 12.7 Å². The first kappa shape index (κ1) is 13.9. The normalized spacial score (nSPS) is 12.9. The van der Waals surface area contributed by atoms with E-state index in [0.717, 1.165) is 33.7 Å². The number of rotatable bonds is 9. The first-order valence-electron chi connectivity index (χ1n) is 5.69. The van der Waals surface area contributed by atoms with Gasteiger partial charge in [-0.15, -0.1) is 0 Å². The third kappa shape index (κ3) is 10.0. The van der Waals surface area contributed by atoms with Crippen molar-refractivity contribution in [3.05, 3.63) is 11.5 Å². The molecule has 0 aliphatic carbocycles. The molecule has 0 aromatic rings. The van der Waals surface area contributed by atoms with Gasteiger partial charge in [-0.1, -0.05) is 34.8 Å². The fourth-order valence-corrected chi connectivity index (χ4v) is 2.24. The highest BCUT2D eigenvalue weighted by Crippen LogP contribution is 2.17. The largest absolute Gasteiger partial charge is 0.402 e. The summed E-state index contributed by atoms with van der Waals surface area (Å²) in [6.45, 7) is 2.99. The SMILES string of the molecule is CCCCCCP/C=C(\N)CCCN. The Bertz CT molecular complexity index is 146. The van der Waals surface area contributed by atoms with E-state index in [1.807, 2.05) is 0 Å². The maximum Gasteiger partial charge on any atom is 0.00832 e. The van der Waals surface area contributed by atoms with Crippen molar-refractivity contribution in [2.45, 2.75) is 45.4 Å².